The van der Waals surface area contributed by atoms with Crippen molar-refractivity contribution in [3.63, 3.8) is 0 Å². The van der Waals surface area contributed by atoms with E-state index in [4.69, 9.17) is 0 Å². The number of hydrogen-bond acceptors (Lipinski definition) is 2. The van der Waals surface area contributed by atoms with Gasteiger partial charge in [-0.05, 0) is 74.9 Å². The van der Waals surface area contributed by atoms with Crippen LogP contribution in [0.4, 0.5) is 11.4 Å². The fourth-order valence-corrected chi connectivity index (χ4v) is 2.21. The first kappa shape index (κ1) is 15.0. The molecule has 0 aliphatic carbocycles. The smallest absolute Gasteiger partial charge is 0.314 e. The van der Waals surface area contributed by atoms with Crippen LogP contribution in [0.15, 0.2) is 53.0 Å². The Morgan fingerprint density at radius 2 is 1.50 bits per heavy atom. The molecule has 0 aromatic heterocycles. The lowest BCUT2D eigenvalue weighted by Crippen LogP contribution is -2.29. The lowest BCUT2D eigenvalue weighted by atomic mass is 10.3. The van der Waals surface area contributed by atoms with Crippen LogP contribution < -0.4 is 10.6 Å². The van der Waals surface area contributed by atoms with E-state index < -0.39 is 11.8 Å². The van der Waals surface area contributed by atoms with E-state index in [1.807, 2.05) is 18.2 Å². The maximum Gasteiger partial charge on any atom is 0.314 e. The second-order valence-corrected chi connectivity index (χ2v) is 5.99. The molecule has 2 amide bonds. The van der Waals surface area contributed by atoms with E-state index in [2.05, 4.69) is 49.2 Å². The van der Waals surface area contributed by atoms with Gasteiger partial charge in [-0.1, -0.05) is 12.1 Å². The summed E-state index contributed by atoms with van der Waals surface area (Å²) in [6, 6.07) is 14.3. The molecule has 2 rings (SSSR count). The number of amides is 2. The average molecular weight is 445 g/mol. The molecule has 0 aliphatic rings. The molecule has 0 radical (unpaired) electrons. The molecule has 102 valence electrons. The molecule has 2 N–H and O–H groups in total. The summed E-state index contributed by atoms with van der Waals surface area (Å²) in [6.45, 7) is 0. The molecule has 2 aromatic carbocycles. The van der Waals surface area contributed by atoms with Gasteiger partial charge in [0.1, 0.15) is 0 Å². The van der Waals surface area contributed by atoms with Gasteiger partial charge in [0, 0.05) is 13.7 Å². The minimum absolute atomic E-state index is 0.551. The van der Waals surface area contributed by atoms with Crippen LogP contribution in [-0.4, -0.2) is 11.8 Å². The molecule has 0 unspecified atom stereocenters. The van der Waals surface area contributed by atoms with Crippen molar-refractivity contribution in [1.29, 1.82) is 0 Å². The van der Waals surface area contributed by atoms with Crippen LogP contribution in [-0.2, 0) is 9.59 Å². The monoisotopic (exact) mass is 444 g/mol. The Labute approximate surface area is 138 Å². The fourth-order valence-electron chi connectivity index (χ4n) is 1.46. The maximum absolute atomic E-state index is 11.8. The Morgan fingerprint density at radius 1 is 0.900 bits per heavy atom. The highest BCUT2D eigenvalue weighted by Crippen LogP contribution is 2.21. The minimum Gasteiger partial charge on any atom is -0.318 e. The van der Waals surface area contributed by atoms with Crippen molar-refractivity contribution >= 4 is 61.7 Å². The fraction of sp³-hybridized carbons (Fsp3) is 0. The summed E-state index contributed by atoms with van der Waals surface area (Å²) in [5, 5.41) is 5.08. The molecule has 0 saturated heterocycles. The van der Waals surface area contributed by atoms with Gasteiger partial charge in [0.05, 0.1) is 5.69 Å². The molecule has 0 aliphatic heterocycles. The maximum atomic E-state index is 11.8. The third kappa shape index (κ3) is 4.04. The summed E-state index contributed by atoms with van der Waals surface area (Å²) in [4.78, 5) is 23.6. The van der Waals surface area contributed by atoms with E-state index in [1.54, 1.807) is 30.3 Å². The number of anilines is 2. The SMILES string of the molecule is O=C(Nc1ccc(I)cc1)C(=O)Nc1ccccc1Br. The largest absolute Gasteiger partial charge is 0.318 e. The molecular formula is C14H10BrIN2O2. The highest BCUT2D eigenvalue weighted by atomic mass is 127. The Hall–Kier alpha value is -1.41. The molecule has 0 saturated carbocycles. The summed E-state index contributed by atoms with van der Waals surface area (Å²) >= 11 is 5.47. The van der Waals surface area contributed by atoms with E-state index in [1.165, 1.54) is 0 Å². The van der Waals surface area contributed by atoms with Gasteiger partial charge in [-0.15, -0.1) is 0 Å². The van der Waals surface area contributed by atoms with Gasteiger partial charge in [-0.2, -0.15) is 0 Å². The van der Waals surface area contributed by atoms with E-state index in [-0.39, 0.29) is 0 Å². The van der Waals surface area contributed by atoms with E-state index in [0.717, 1.165) is 8.04 Å². The van der Waals surface area contributed by atoms with Crippen LogP contribution in [0.25, 0.3) is 0 Å². The number of carbonyl (C=O) groups excluding carboxylic acids is 2. The predicted molar refractivity (Wildman–Crippen MR) is 90.6 cm³/mol. The number of benzene rings is 2. The Kier molecular flexibility index (Phi) is 5.13. The number of halogens is 2. The first-order chi connectivity index (χ1) is 9.56. The predicted octanol–water partition coefficient (Wildman–Crippen LogP) is 3.63. The first-order valence-corrected chi connectivity index (χ1v) is 7.56. The van der Waals surface area contributed by atoms with Crippen molar-refractivity contribution in [2.75, 3.05) is 10.6 Å². The average Bonchev–Trinajstić information content (AvgIpc) is 2.44. The van der Waals surface area contributed by atoms with Gasteiger partial charge in [-0.3, -0.25) is 9.59 Å². The van der Waals surface area contributed by atoms with Crippen LogP contribution in [0.1, 0.15) is 0 Å². The molecule has 0 atom stereocenters. The third-order valence-corrected chi connectivity index (χ3v) is 3.84. The van der Waals surface area contributed by atoms with Crippen LogP contribution >= 0.6 is 38.5 Å². The number of nitrogens with one attached hydrogen (secondary N) is 2. The van der Waals surface area contributed by atoms with E-state index in [9.17, 15) is 9.59 Å². The number of hydrogen-bond donors (Lipinski definition) is 2. The summed E-state index contributed by atoms with van der Waals surface area (Å²) in [5.41, 5.74) is 1.13. The second kappa shape index (κ2) is 6.85. The summed E-state index contributed by atoms with van der Waals surface area (Å²) < 4.78 is 1.77. The normalized spacial score (nSPS) is 9.90. The van der Waals surface area contributed by atoms with Crippen molar-refractivity contribution in [2.24, 2.45) is 0 Å². The van der Waals surface area contributed by atoms with E-state index in [0.29, 0.717) is 11.4 Å². The molecule has 4 nitrogen and oxygen atoms in total. The van der Waals surface area contributed by atoms with Crippen LogP contribution in [0, 0.1) is 3.57 Å². The lowest BCUT2D eigenvalue weighted by Gasteiger charge is -2.07. The Morgan fingerprint density at radius 3 is 2.15 bits per heavy atom. The van der Waals surface area contributed by atoms with Crippen LogP contribution in [0.2, 0.25) is 0 Å². The second-order valence-electron chi connectivity index (χ2n) is 3.89. The van der Waals surface area contributed by atoms with Gasteiger partial charge in [0.25, 0.3) is 0 Å². The molecule has 20 heavy (non-hydrogen) atoms. The highest BCUT2D eigenvalue weighted by Gasteiger charge is 2.14. The van der Waals surface area contributed by atoms with Gasteiger partial charge < -0.3 is 10.6 Å². The third-order valence-electron chi connectivity index (χ3n) is 2.43. The Balaban J connectivity index is 2.01. The summed E-state index contributed by atoms with van der Waals surface area (Å²) in [5.74, 6) is -1.42. The van der Waals surface area contributed by atoms with Crippen molar-refractivity contribution in [3.8, 4) is 0 Å². The number of rotatable bonds is 2. The molecule has 0 spiro atoms. The van der Waals surface area contributed by atoms with Gasteiger partial charge in [0.2, 0.25) is 0 Å². The molecule has 0 heterocycles. The van der Waals surface area contributed by atoms with E-state index >= 15 is 0 Å². The minimum atomic E-state index is -0.713. The van der Waals surface area contributed by atoms with Crippen molar-refractivity contribution in [3.05, 3.63) is 56.6 Å². The molecule has 0 bridgehead atoms. The quantitative estimate of drug-likeness (QED) is 0.549. The molecule has 6 heteroatoms. The standard InChI is InChI=1S/C14H10BrIN2O2/c15-11-3-1-2-4-12(11)18-14(20)13(19)17-10-7-5-9(16)6-8-10/h1-8H,(H,17,19)(H,18,20). The zero-order valence-electron chi connectivity index (χ0n) is 10.2. The molecule has 0 fully saturated rings. The number of para-hydroxylation sites is 1. The number of carbonyl (C=O) groups is 2. The molecular weight excluding hydrogens is 435 g/mol. The Bertz CT molecular complexity index is 644. The zero-order valence-corrected chi connectivity index (χ0v) is 13.9. The van der Waals surface area contributed by atoms with Gasteiger partial charge >= 0.3 is 11.8 Å². The highest BCUT2D eigenvalue weighted by molar-refractivity contribution is 14.1. The van der Waals surface area contributed by atoms with Gasteiger partial charge in [-0.25, -0.2) is 0 Å². The topological polar surface area (TPSA) is 58.2 Å². The first-order valence-electron chi connectivity index (χ1n) is 5.68. The van der Waals surface area contributed by atoms with Crippen LogP contribution in [0.3, 0.4) is 0 Å². The van der Waals surface area contributed by atoms with Crippen LogP contribution in [0.5, 0.6) is 0 Å². The van der Waals surface area contributed by atoms with Crippen molar-refractivity contribution < 1.29 is 9.59 Å². The molecule has 2 aromatic rings. The summed E-state index contributed by atoms with van der Waals surface area (Å²) in [7, 11) is 0. The summed E-state index contributed by atoms with van der Waals surface area (Å²) in [6.07, 6.45) is 0. The van der Waals surface area contributed by atoms with Gasteiger partial charge in [0.15, 0.2) is 0 Å². The van der Waals surface area contributed by atoms with Crippen molar-refractivity contribution in [1.82, 2.24) is 0 Å². The van der Waals surface area contributed by atoms with Crippen molar-refractivity contribution in [2.45, 2.75) is 0 Å². The zero-order chi connectivity index (χ0) is 14.5. The lowest BCUT2D eigenvalue weighted by molar-refractivity contribution is -0.133.